The van der Waals surface area contributed by atoms with Crippen LogP contribution in [0.4, 0.5) is 10.1 Å². The fourth-order valence-corrected chi connectivity index (χ4v) is 1.76. The number of ketones is 1. The van der Waals surface area contributed by atoms with E-state index in [2.05, 4.69) is 0 Å². The van der Waals surface area contributed by atoms with Crippen molar-refractivity contribution in [1.82, 2.24) is 0 Å². The highest BCUT2D eigenvalue weighted by atomic mass is 19.1. The third-order valence-electron chi connectivity index (χ3n) is 2.72. The smallest absolute Gasteiger partial charge is 0.314 e. The van der Waals surface area contributed by atoms with Gasteiger partial charge in [0.25, 0.3) is 0 Å². The van der Waals surface area contributed by atoms with Crippen LogP contribution in [0, 0.1) is 15.9 Å². The first-order chi connectivity index (χ1) is 8.54. The second-order valence-corrected chi connectivity index (χ2v) is 3.83. The molecule has 2 unspecified atom stereocenters. The highest BCUT2D eigenvalue weighted by molar-refractivity contribution is 5.90. The van der Waals surface area contributed by atoms with Gasteiger partial charge < -0.3 is 9.47 Å². The van der Waals surface area contributed by atoms with Crippen LogP contribution >= 0.6 is 0 Å². The van der Waals surface area contributed by atoms with Crippen molar-refractivity contribution < 1.29 is 23.6 Å². The first-order valence-electron chi connectivity index (χ1n) is 5.19. The summed E-state index contributed by atoms with van der Waals surface area (Å²) in [5.41, 5.74) is -0.468. The number of Topliss-reactive ketones (excluding diaryl/α,β-unsaturated/α-hetero) is 1. The topological polar surface area (TPSA) is 78.7 Å². The quantitative estimate of drug-likeness (QED) is 0.601. The lowest BCUT2D eigenvalue weighted by molar-refractivity contribution is -0.386. The molecule has 1 aliphatic rings. The van der Waals surface area contributed by atoms with Gasteiger partial charge in [0, 0.05) is 19.6 Å². The number of nitrogens with zero attached hydrogens (tertiary/aromatic N) is 1. The molecule has 0 aliphatic heterocycles. The molecule has 0 amide bonds. The molecule has 1 saturated carbocycles. The van der Waals surface area contributed by atoms with Crippen LogP contribution in [-0.4, -0.2) is 30.0 Å². The molecule has 96 valence electrons. The Morgan fingerprint density at radius 1 is 1.50 bits per heavy atom. The molecule has 0 radical (unpaired) electrons. The third-order valence-corrected chi connectivity index (χ3v) is 2.72. The maximum absolute atomic E-state index is 13.5. The zero-order valence-electron chi connectivity index (χ0n) is 9.46. The van der Waals surface area contributed by atoms with Crippen molar-refractivity contribution in [2.75, 3.05) is 7.11 Å². The van der Waals surface area contributed by atoms with E-state index in [-0.39, 0.29) is 12.2 Å². The van der Waals surface area contributed by atoms with Gasteiger partial charge >= 0.3 is 5.69 Å². The summed E-state index contributed by atoms with van der Waals surface area (Å²) in [4.78, 5) is 21.1. The summed E-state index contributed by atoms with van der Waals surface area (Å²) < 4.78 is 23.5. The fraction of sp³-hybridized carbons (Fsp3) is 0.364. The number of hydrogen-bond acceptors (Lipinski definition) is 5. The van der Waals surface area contributed by atoms with Crippen LogP contribution in [0.5, 0.6) is 5.75 Å². The summed E-state index contributed by atoms with van der Waals surface area (Å²) in [5.74, 6) is -1.46. The van der Waals surface area contributed by atoms with Crippen LogP contribution in [0.3, 0.4) is 0 Å². The maximum atomic E-state index is 13.5. The molecule has 1 fully saturated rings. The van der Waals surface area contributed by atoms with Crippen molar-refractivity contribution in [2.45, 2.75) is 18.6 Å². The summed E-state index contributed by atoms with van der Waals surface area (Å²) >= 11 is 0. The molecule has 6 nitrogen and oxygen atoms in total. The highest BCUT2D eigenvalue weighted by Gasteiger charge is 2.43. The Hall–Kier alpha value is -2.02. The number of nitro groups is 1. The lowest BCUT2D eigenvalue weighted by Gasteiger charge is -2.33. The third kappa shape index (κ3) is 2.04. The number of ether oxygens (including phenoxy) is 2. The van der Waals surface area contributed by atoms with Gasteiger partial charge in [0.2, 0.25) is 5.75 Å². The number of hydrogen-bond donors (Lipinski definition) is 0. The van der Waals surface area contributed by atoms with E-state index in [0.717, 1.165) is 12.1 Å². The minimum atomic E-state index is -0.835. The summed E-state index contributed by atoms with van der Waals surface area (Å²) in [5, 5.41) is 10.7. The van der Waals surface area contributed by atoms with E-state index in [0.29, 0.717) is 0 Å². The molecule has 1 aliphatic carbocycles. The molecule has 0 N–H and O–H groups in total. The van der Waals surface area contributed by atoms with E-state index < -0.39 is 34.4 Å². The first kappa shape index (κ1) is 12.4. The average Bonchev–Trinajstić information content (AvgIpc) is 2.30. The van der Waals surface area contributed by atoms with E-state index in [1.807, 2.05) is 0 Å². The molecule has 1 aromatic rings. The molecule has 1 aromatic carbocycles. The number of rotatable bonds is 4. The molecule has 0 saturated heterocycles. The van der Waals surface area contributed by atoms with Crippen LogP contribution in [-0.2, 0) is 9.53 Å². The molecule has 0 spiro atoms. The minimum Gasteiger partial charge on any atom is -0.478 e. The first-order valence-corrected chi connectivity index (χ1v) is 5.19. The Kier molecular flexibility index (Phi) is 3.24. The van der Waals surface area contributed by atoms with Gasteiger partial charge in [0.1, 0.15) is 6.10 Å². The summed E-state index contributed by atoms with van der Waals surface area (Å²) in [6.07, 6.45) is -1.41. The number of methoxy groups -OCH3 is 1. The number of benzene rings is 1. The number of carbonyl (C=O) groups is 1. The van der Waals surface area contributed by atoms with Crippen LogP contribution in [0.1, 0.15) is 6.42 Å². The van der Waals surface area contributed by atoms with Crippen LogP contribution in [0.15, 0.2) is 18.2 Å². The van der Waals surface area contributed by atoms with Gasteiger partial charge in [-0.25, -0.2) is 4.39 Å². The van der Waals surface area contributed by atoms with Gasteiger partial charge in [-0.3, -0.25) is 14.9 Å². The van der Waals surface area contributed by atoms with Crippen LogP contribution in [0.2, 0.25) is 0 Å². The lowest BCUT2D eigenvalue weighted by atomic mass is 9.90. The minimum absolute atomic E-state index is 0.0595. The van der Waals surface area contributed by atoms with E-state index in [1.54, 1.807) is 0 Å². The molecule has 2 atom stereocenters. The number of halogens is 1. The van der Waals surface area contributed by atoms with Crippen molar-refractivity contribution in [3.63, 3.8) is 0 Å². The number of carbonyl (C=O) groups excluding carboxylic acids is 1. The second kappa shape index (κ2) is 4.69. The Labute approximate surface area is 101 Å². The maximum Gasteiger partial charge on any atom is 0.314 e. The largest absolute Gasteiger partial charge is 0.478 e. The van der Waals surface area contributed by atoms with E-state index >= 15 is 0 Å². The van der Waals surface area contributed by atoms with Gasteiger partial charge in [-0.1, -0.05) is 6.07 Å². The monoisotopic (exact) mass is 255 g/mol. The molecular weight excluding hydrogens is 245 g/mol. The lowest BCUT2D eigenvalue weighted by Crippen LogP contribution is -2.51. The molecule has 0 bridgehead atoms. The second-order valence-electron chi connectivity index (χ2n) is 3.83. The normalized spacial score (nSPS) is 22.4. The zero-order chi connectivity index (χ0) is 13.3. The van der Waals surface area contributed by atoms with Crippen LogP contribution < -0.4 is 4.74 Å². The Morgan fingerprint density at radius 2 is 2.22 bits per heavy atom. The van der Waals surface area contributed by atoms with E-state index in [4.69, 9.17) is 9.47 Å². The van der Waals surface area contributed by atoms with E-state index in [1.165, 1.54) is 13.2 Å². The molecular formula is C11H10FNO5. The molecule has 0 heterocycles. The summed E-state index contributed by atoms with van der Waals surface area (Å²) in [6, 6.07) is 3.42. The predicted molar refractivity (Wildman–Crippen MR) is 57.9 cm³/mol. The average molecular weight is 255 g/mol. The molecule has 2 rings (SSSR count). The van der Waals surface area contributed by atoms with Crippen molar-refractivity contribution >= 4 is 11.5 Å². The fourth-order valence-electron chi connectivity index (χ4n) is 1.76. The van der Waals surface area contributed by atoms with Crippen molar-refractivity contribution in [3.8, 4) is 5.75 Å². The number of para-hydroxylation sites is 1. The zero-order valence-corrected chi connectivity index (χ0v) is 9.46. The Morgan fingerprint density at radius 3 is 2.78 bits per heavy atom. The molecule has 7 heteroatoms. The van der Waals surface area contributed by atoms with Crippen LogP contribution in [0.25, 0.3) is 0 Å². The standard InChI is InChI=1S/C11H10FNO5/c1-17-11-8(14)5-9(11)18-10-6(12)3-2-4-7(10)13(15)16/h2-4,9,11H,5H2,1H3. The van der Waals surface area contributed by atoms with Crippen molar-refractivity contribution in [1.29, 1.82) is 0 Å². The molecule has 0 aromatic heterocycles. The van der Waals surface area contributed by atoms with Gasteiger partial charge in [-0.2, -0.15) is 0 Å². The van der Waals surface area contributed by atoms with Gasteiger partial charge in [0.15, 0.2) is 17.7 Å². The molecule has 18 heavy (non-hydrogen) atoms. The predicted octanol–water partition coefficient (Wildman–Crippen LogP) is 1.47. The van der Waals surface area contributed by atoms with Crippen molar-refractivity contribution in [3.05, 3.63) is 34.1 Å². The SMILES string of the molecule is COC1C(=O)CC1Oc1c(F)cccc1[N+](=O)[O-]. The summed E-state index contributed by atoms with van der Waals surface area (Å²) in [7, 11) is 1.33. The number of nitro benzene ring substituents is 1. The Balaban J connectivity index is 2.24. The van der Waals surface area contributed by atoms with Gasteiger partial charge in [-0.05, 0) is 6.07 Å². The highest BCUT2D eigenvalue weighted by Crippen LogP contribution is 2.34. The van der Waals surface area contributed by atoms with E-state index in [9.17, 15) is 19.3 Å². The van der Waals surface area contributed by atoms with Crippen molar-refractivity contribution in [2.24, 2.45) is 0 Å². The summed E-state index contributed by atoms with van der Waals surface area (Å²) in [6.45, 7) is 0. The van der Waals surface area contributed by atoms with Gasteiger partial charge in [0.05, 0.1) is 4.92 Å². The Bertz CT molecular complexity index is 504. The van der Waals surface area contributed by atoms with Gasteiger partial charge in [-0.15, -0.1) is 0 Å².